The van der Waals surface area contributed by atoms with Gasteiger partial charge in [0.1, 0.15) is 11.6 Å². The molecular formula is C21H22BrFN4S. The smallest absolute Gasteiger partial charge is 0.191 e. The second-order valence-electron chi connectivity index (χ2n) is 6.98. The number of hydrogen-bond donors (Lipinski definition) is 0. The highest BCUT2D eigenvalue weighted by Crippen LogP contribution is 2.26. The van der Waals surface area contributed by atoms with Crippen molar-refractivity contribution in [2.24, 2.45) is 0 Å². The van der Waals surface area contributed by atoms with Gasteiger partial charge in [-0.2, -0.15) is 0 Å². The maximum absolute atomic E-state index is 14.2. The fourth-order valence-corrected chi connectivity index (χ4v) is 4.67. The minimum Gasteiger partial charge on any atom is -0.300 e. The van der Waals surface area contributed by atoms with Gasteiger partial charge in [-0.15, -0.1) is 10.2 Å². The van der Waals surface area contributed by atoms with E-state index in [1.54, 1.807) is 0 Å². The lowest BCUT2D eigenvalue weighted by atomic mass is 10.2. The van der Waals surface area contributed by atoms with Crippen molar-refractivity contribution in [1.29, 1.82) is 0 Å². The molecule has 0 spiro atoms. The molecule has 1 aromatic heterocycles. The van der Waals surface area contributed by atoms with Crippen molar-refractivity contribution in [2.75, 3.05) is 13.1 Å². The maximum Gasteiger partial charge on any atom is 0.191 e. The summed E-state index contributed by atoms with van der Waals surface area (Å²) in [4.78, 5) is 2.42. The van der Waals surface area contributed by atoms with Crippen molar-refractivity contribution in [3.8, 4) is 0 Å². The van der Waals surface area contributed by atoms with E-state index < -0.39 is 0 Å². The Kier molecular flexibility index (Phi) is 6.44. The minimum atomic E-state index is -0.201. The summed E-state index contributed by atoms with van der Waals surface area (Å²) in [6, 6.07) is 15.5. The van der Waals surface area contributed by atoms with Gasteiger partial charge in [0.25, 0.3) is 0 Å². The molecule has 1 aliphatic heterocycles. The SMILES string of the molecule is Fc1cc(Br)ccc1CSc1nnc(CN2CCCC2)n1Cc1ccccc1. The van der Waals surface area contributed by atoms with Crippen LogP contribution in [0.4, 0.5) is 4.39 Å². The van der Waals surface area contributed by atoms with E-state index in [1.807, 2.05) is 30.3 Å². The third-order valence-electron chi connectivity index (χ3n) is 4.91. The third-order valence-corrected chi connectivity index (χ3v) is 6.42. The molecule has 2 heterocycles. The molecule has 1 aliphatic rings. The lowest BCUT2D eigenvalue weighted by Gasteiger charge is -2.16. The zero-order valence-electron chi connectivity index (χ0n) is 15.5. The molecule has 4 nitrogen and oxygen atoms in total. The molecule has 0 aliphatic carbocycles. The van der Waals surface area contributed by atoms with Crippen LogP contribution in [0.3, 0.4) is 0 Å². The molecule has 0 unspecified atom stereocenters. The second-order valence-corrected chi connectivity index (χ2v) is 8.84. The highest BCUT2D eigenvalue weighted by atomic mass is 79.9. The largest absolute Gasteiger partial charge is 0.300 e. The van der Waals surface area contributed by atoms with Gasteiger partial charge in [0, 0.05) is 10.2 Å². The summed E-state index contributed by atoms with van der Waals surface area (Å²) in [5, 5.41) is 9.74. The summed E-state index contributed by atoms with van der Waals surface area (Å²) in [6.45, 7) is 3.77. The molecular weight excluding hydrogens is 439 g/mol. The maximum atomic E-state index is 14.2. The first-order valence-corrected chi connectivity index (χ1v) is 11.2. The van der Waals surface area contributed by atoms with Crippen molar-refractivity contribution in [2.45, 2.75) is 36.8 Å². The normalized spacial score (nSPS) is 14.6. The minimum absolute atomic E-state index is 0.201. The number of thioether (sulfide) groups is 1. The van der Waals surface area contributed by atoms with E-state index in [4.69, 9.17) is 0 Å². The average Bonchev–Trinajstić information content (AvgIpc) is 3.33. The van der Waals surface area contributed by atoms with Crippen LogP contribution < -0.4 is 0 Å². The van der Waals surface area contributed by atoms with Gasteiger partial charge in [-0.3, -0.25) is 4.90 Å². The molecule has 2 aromatic carbocycles. The van der Waals surface area contributed by atoms with Crippen molar-refractivity contribution in [3.05, 3.63) is 75.8 Å². The number of aromatic nitrogens is 3. The summed E-state index contributed by atoms with van der Waals surface area (Å²) in [6.07, 6.45) is 2.49. The first-order valence-electron chi connectivity index (χ1n) is 9.44. The Hall–Kier alpha value is -1.70. The van der Waals surface area contributed by atoms with Crippen LogP contribution in [-0.4, -0.2) is 32.8 Å². The zero-order valence-corrected chi connectivity index (χ0v) is 17.9. The lowest BCUT2D eigenvalue weighted by Crippen LogP contribution is -2.21. The molecule has 146 valence electrons. The molecule has 0 N–H and O–H groups in total. The van der Waals surface area contributed by atoms with Crippen LogP contribution in [0.1, 0.15) is 29.8 Å². The van der Waals surface area contributed by atoms with Crippen LogP contribution in [-0.2, 0) is 18.8 Å². The molecule has 0 saturated carbocycles. The third kappa shape index (κ3) is 4.82. The van der Waals surface area contributed by atoms with Gasteiger partial charge < -0.3 is 4.57 Å². The monoisotopic (exact) mass is 460 g/mol. The predicted octanol–water partition coefficient (Wildman–Crippen LogP) is 5.12. The Labute approximate surface area is 177 Å². The van der Waals surface area contributed by atoms with Gasteiger partial charge in [-0.25, -0.2) is 4.39 Å². The second kappa shape index (κ2) is 9.20. The zero-order chi connectivity index (χ0) is 19.3. The number of rotatable bonds is 7. The molecule has 0 amide bonds. The molecule has 0 radical (unpaired) electrons. The lowest BCUT2D eigenvalue weighted by molar-refractivity contribution is 0.316. The highest BCUT2D eigenvalue weighted by Gasteiger charge is 2.19. The van der Waals surface area contributed by atoms with E-state index in [2.05, 4.69) is 47.7 Å². The molecule has 28 heavy (non-hydrogen) atoms. The average molecular weight is 461 g/mol. The Morgan fingerprint density at radius 1 is 1.00 bits per heavy atom. The highest BCUT2D eigenvalue weighted by molar-refractivity contribution is 9.10. The summed E-state index contributed by atoms with van der Waals surface area (Å²) in [5.41, 5.74) is 1.88. The molecule has 1 fully saturated rings. The van der Waals surface area contributed by atoms with E-state index in [1.165, 1.54) is 36.2 Å². The van der Waals surface area contributed by atoms with E-state index in [0.717, 1.165) is 41.6 Å². The van der Waals surface area contributed by atoms with Gasteiger partial charge in [-0.05, 0) is 49.2 Å². The number of nitrogens with zero attached hydrogens (tertiary/aromatic N) is 4. The van der Waals surface area contributed by atoms with Crippen LogP contribution in [0.25, 0.3) is 0 Å². The Bertz CT molecular complexity index is 925. The van der Waals surface area contributed by atoms with Crippen molar-refractivity contribution < 1.29 is 4.39 Å². The standard InChI is InChI=1S/C21H22BrFN4S/c22-18-9-8-17(19(23)12-18)15-28-21-25-24-20(14-26-10-4-5-11-26)27(21)13-16-6-2-1-3-7-16/h1-3,6-9,12H,4-5,10-11,13-15H2. The van der Waals surface area contributed by atoms with Gasteiger partial charge in [0.15, 0.2) is 5.16 Å². The van der Waals surface area contributed by atoms with Crippen molar-refractivity contribution >= 4 is 27.7 Å². The predicted molar refractivity (Wildman–Crippen MR) is 114 cm³/mol. The Balaban J connectivity index is 1.55. The van der Waals surface area contributed by atoms with Crippen LogP contribution in [0.15, 0.2) is 58.2 Å². The number of benzene rings is 2. The first-order chi connectivity index (χ1) is 13.7. The van der Waals surface area contributed by atoms with Crippen molar-refractivity contribution in [3.63, 3.8) is 0 Å². The topological polar surface area (TPSA) is 34.0 Å². The molecule has 7 heteroatoms. The molecule has 4 rings (SSSR count). The molecule has 0 bridgehead atoms. The number of halogens is 2. The van der Waals surface area contributed by atoms with Gasteiger partial charge in [0.05, 0.1) is 13.1 Å². The summed E-state index contributed by atoms with van der Waals surface area (Å²) in [5.74, 6) is 1.30. The van der Waals surface area contributed by atoms with Gasteiger partial charge in [-0.1, -0.05) is 64.1 Å². The number of hydrogen-bond acceptors (Lipinski definition) is 4. The Morgan fingerprint density at radius 2 is 1.79 bits per heavy atom. The fraction of sp³-hybridized carbons (Fsp3) is 0.333. The van der Waals surface area contributed by atoms with E-state index in [9.17, 15) is 4.39 Å². The van der Waals surface area contributed by atoms with Crippen LogP contribution in [0, 0.1) is 5.82 Å². The number of likely N-dealkylation sites (tertiary alicyclic amines) is 1. The van der Waals surface area contributed by atoms with E-state index in [0.29, 0.717) is 11.3 Å². The van der Waals surface area contributed by atoms with Gasteiger partial charge in [0.2, 0.25) is 0 Å². The van der Waals surface area contributed by atoms with E-state index >= 15 is 0 Å². The fourth-order valence-electron chi connectivity index (χ4n) is 3.39. The van der Waals surface area contributed by atoms with Crippen LogP contribution >= 0.6 is 27.7 Å². The van der Waals surface area contributed by atoms with E-state index in [-0.39, 0.29) is 5.82 Å². The van der Waals surface area contributed by atoms with Crippen LogP contribution in [0.5, 0.6) is 0 Å². The summed E-state index contributed by atoms with van der Waals surface area (Å²) < 4.78 is 17.1. The molecule has 3 aromatic rings. The molecule has 0 atom stereocenters. The summed E-state index contributed by atoms with van der Waals surface area (Å²) >= 11 is 4.84. The first kappa shape index (κ1) is 19.6. The Morgan fingerprint density at radius 3 is 2.54 bits per heavy atom. The van der Waals surface area contributed by atoms with Crippen molar-refractivity contribution in [1.82, 2.24) is 19.7 Å². The quantitative estimate of drug-likeness (QED) is 0.458. The summed E-state index contributed by atoms with van der Waals surface area (Å²) in [7, 11) is 0. The van der Waals surface area contributed by atoms with Crippen LogP contribution in [0.2, 0.25) is 0 Å². The van der Waals surface area contributed by atoms with Gasteiger partial charge >= 0.3 is 0 Å². The molecule has 1 saturated heterocycles.